The summed E-state index contributed by atoms with van der Waals surface area (Å²) in [6.07, 6.45) is 9.55. The molecule has 0 spiro atoms. The van der Waals surface area contributed by atoms with E-state index in [-0.39, 0.29) is 6.03 Å². The van der Waals surface area contributed by atoms with Gasteiger partial charge >= 0.3 is 6.03 Å². The molecule has 0 radical (unpaired) electrons. The highest BCUT2D eigenvalue weighted by Crippen LogP contribution is 2.04. The average Bonchev–Trinajstić information content (AvgIpc) is 2.26. The van der Waals surface area contributed by atoms with Crippen molar-refractivity contribution in [2.24, 2.45) is 5.73 Å². The summed E-state index contributed by atoms with van der Waals surface area (Å²) in [4.78, 5) is 13.0. The van der Waals surface area contributed by atoms with Gasteiger partial charge in [-0.2, -0.15) is 0 Å². The number of rotatable bonds is 10. The van der Waals surface area contributed by atoms with Gasteiger partial charge < -0.3 is 10.6 Å². The summed E-state index contributed by atoms with van der Waals surface area (Å²) in [5, 5.41) is 0. The molecular weight excluding hydrogens is 200 g/mol. The minimum Gasteiger partial charge on any atom is -0.351 e. The van der Waals surface area contributed by atoms with E-state index in [1.807, 2.05) is 0 Å². The number of urea groups is 1. The number of hydrogen-bond acceptors (Lipinski definition) is 1. The van der Waals surface area contributed by atoms with Gasteiger partial charge in [0.15, 0.2) is 0 Å². The highest BCUT2D eigenvalue weighted by molar-refractivity contribution is 5.71. The Kier molecular flexibility index (Phi) is 10.3. The third-order valence-electron chi connectivity index (χ3n) is 2.87. The second-order valence-electron chi connectivity index (χ2n) is 4.45. The van der Waals surface area contributed by atoms with Crippen molar-refractivity contribution >= 4 is 6.03 Å². The van der Waals surface area contributed by atoms with Crippen molar-refractivity contribution in [3.8, 4) is 0 Å². The van der Waals surface area contributed by atoms with Gasteiger partial charge in [-0.3, -0.25) is 0 Å². The van der Waals surface area contributed by atoms with E-state index in [1.165, 1.54) is 38.5 Å². The zero-order valence-electron chi connectivity index (χ0n) is 11.0. The number of carbonyl (C=O) groups is 1. The SMILES string of the molecule is CCCCCCN(CCCCCC)C(N)=O. The maximum Gasteiger partial charge on any atom is 0.314 e. The number of nitrogens with two attached hydrogens (primary N) is 1. The van der Waals surface area contributed by atoms with Crippen molar-refractivity contribution in [1.82, 2.24) is 4.90 Å². The number of nitrogens with zero attached hydrogens (tertiary/aromatic N) is 1. The maximum atomic E-state index is 11.2. The molecule has 96 valence electrons. The van der Waals surface area contributed by atoms with Crippen LogP contribution in [0.1, 0.15) is 65.2 Å². The maximum absolute atomic E-state index is 11.2. The lowest BCUT2D eigenvalue weighted by molar-refractivity contribution is 0.205. The Bertz CT molecular complexity index is 159. The van der Waals surface area contributed by atoms with Crippen molar-refractivity contribution in [1.29, 1.82) is 0 Å². The Balaban J connectivity index is 3.59. The number of primary amides is 1. The second kappa shape index (κ2) is 10.8. The van der Waals surface area contributed by atoms with Crippen LogP contribution in [-0.2, 0) is 0 Å². The van der Waals surface area contributed by atoms with E-state index in [0.29, 0.717) is 0 Å². The predicted molar refractivity (Wildman–Crippen MR) is 69.4 cm³/mol. The lowest BCUT2D eigenvalue weighted by Gasteiger charge is -2.20. The fraction of sp³-hybridized carbons (Fsp3) is 0.923. The van der Waals surface area contributed by atoms with Crippen LogP contribution in [-0.4, -0.2) is 24.0 Å². The molecule has 0 saturated heterocycles. The van der Waals surface area contributed by atoms with E-state index in [0.717, 1.165) is 25.9 Å². The average molecular weight is 228 g/mol. The number of hydrogen-bond donors (Lipinski definition) is 1. The molecule has 0 atom stereocenters. The third-order valence-corrected chi connectivity index (χ3v) is 2.87. The molecule has 0 aliphatic carbocycles. The highest BCUT2D eigenvalue weighted by Gasteiger charge is 2.07. The Morgan fingerprint density at radius 2 is 1.31 bits per heavy atom. The van der Waals surface area contributed by atoms with Crippen LogP contribution >= 0.6 is 0 Å². The quantitative estimate of drug-likeness (QED) is 0.571. The van der Waals surface area contributed by atoms with E-state index in [2.05, 4.69) is 13.8 Å². The summed E-state index contributed by atoms with van der Waals surface area (Å²) >= 11 is 0. The molecule has 0 aromatic heterocycles. The van der Waals surface area contributed by atoms with Crippen LogP contribution in [0.3, 0.4) is 0 Å². The molecule has 0 fully saturated rings. The van der Waals surface area contributed by atoms with Gasteiger partial charge in [-0.05, 0) is 12.8 Å². The fourth-order valence-corrected chi connectivity index (χ4v) is 1.79. The first-order chi connectivity index (χ1) is 7.72. The van der Waals surface area contributed by atoms with Crippen LogP contribution in [0.5, 0.6) is 0 Å². The van der Waals surface area contributed by atoms with Gasteiger partial charge in [0.05, 0.1) is 0 Å². The monoisotopic (exact) mass is 228 g/mol. The third kappa shape index (κ3) is 8.57. The van der Waals surface area contributed by atoms with Gasteiger partial charge in [-0.1, -0.05) is 52.4 Å². The summed E-state index contributed by atoms with van der Waals surface area (Å²) in [6, 6.07) is -0.256. The molecule has 0 rings (SSSR count). The fourth-order valence-electron chi connectivity index (χ4n) is 1.79. The molecular formula is C13H28N2O. The molecule has 0 saturated carbocycles. The molecule has 0 aromatic rings. The highest BCUT2D eigenvalue weighted by atomic mass is 16.2. The lowest BCUT2D eigenvalue weighted by atomic mass is 10.2. The van der Waals surface area contributed by atoms with Crippen molar-refractivity contribution < 1.29 is 4.79 Å². The molecule has 0 aromatic carbocycles. The van der Waals surface area contributed by atoms with E-state index in [9.17, 15) is 4.79 Å². The predicted octanol–water partition coefficient (Wildman–Crippen LogP) is 3.53. The summed E-state index contributed by atoms with van der Waals surface area (Å²) in [6.45, 7) is 6.05. The van der Waals surface area contributed by atoms with E-state index in [4.69, 9.17) is 5.73 Å². The van der Waals surface area contributed by atoms with Gasteiger partial charge in [0.1, 0.15) is 0 Å². The first-order valence-corrected chi connectivity index (χ1v) is 6.76. The van der Waals surface area contributed by atoms with Gasteiger partial charge in [0, 0.05) is 13.1 Å². The summed E-state index contributed by atoms with van der Waals surface area (Å²) in [5.74, 6) is 0. The number of unbranched alkanes of at least 4 members (excludes halogenated alkanes) is 6. The molecule has 2 amide bonds. The standard InChI is InChI=1S/C13H28N2O/c1-3-5-7-9-11-15(13(14)16)12-10-8-6-4-2/h3-12H2,1-2H3,(H2,14,16). The molecule has 0 bridgehead atoms. The smallest absolute Gasteiger partial charge is 0.314 e. The van der Waals surface area contributed by atoms with Gasteiger partial charge in [0.25, 0.3) is 0 Å². The molecule has 0 heterocycles. The van der Waals surface area contributed by atoms with Crippen LogP contribution in [0, 0.1) is 0 Å². The van der Waals surface area contributed by atoms with Crippen LogP contribution in [0.4, 0.5) is 4.79 Å². The minimum absolute atomic E-state index is 0.256. The Labute approximate surface area is 100 Å². The number of carbonyl (C=O) groups excluding carboxylic acids is 1. The largest absolute Gasteiger partial charge is 0.351 e. The topological polar surface area (TPSA) is 46.3 Å². The summed E-state index contributed by atoms with van der Waals surface area (Å²) in [7, 11) is 0. The van der Waals surface area contributed by atoms with Crippen molar-refractivity contribution in [3.63, 3.8) is 0 Å². The minimum atomic E-state index is -0.256. The van der Waals surface area contributed by atoms with Crippen molar-refractivity contribution in [2.75, 3.05) is 13.1 Å². The summed E-state index contributed by atoms with van der Waals surface area (Å²) < 4.78 is 0. The van der Waals surface area contributed by atoms with E-state index in [1.54, 1.807) is 4.90 Å². The molecule has 3 nitrogen and oxygen atoms in total. The van der Waals surface area contributed by atoms with Crippen LogP contribution in [0.15, 0.2) is 0 Å². The molecule has 2 N–H and O–H groups in total. The second-order valence-corrected chi connectivity index (χ2v) is 4.45. The van der Waals surface area contributed by atoms with E-state index < -0.39 is 0 Å². The van der Waals surface area contributed by atoms with Gasteiger partial charge in [-0.15, -0.1) is 0 Å². The molecule has 0 aliphatic heterocycles. The van der Waals surface area contributed by atoms with Crippen molar-refractivity contribution in [3.05, 3.63) is 0 Å². The molecule has 0 aliphatic rings. The zero-order valence-corrected chi connectivity index (χ0v) is 11.0. The van der Waals surface area contributed by atoms with Crippen LogP contribution in [0.25, 0.3) is 0 Å². The Hall–Kier alpha value is -0.730. The van der Waals surface area contributed by atoms with Crippen LogP contribution < -0.4 is 5.73 Å². The Morgan fingerprint density at radius 1 is 0.875 bits per heavy atom. The number of amides is 2. The normalized spacial score (nSPS) is 10.4. The van der Waals surface area contributed by atoms with Gasteiger partial charge in [-0.25, -0.2) is 4.79 Å². The van der Waals surface area contributed by atoms with Crippen molar-refractivity contribution in [2.45, 2.75) is 65.2 Å². The Morgan fingerprint density at radius 3 is 1.62 bits per heavy atom. The molecule has 3 heteroatoms. The first-order valence-electron chi connectivity index (χ1n) is 6.76. The van der Waals surface area contributed by atoms with Crippen LogP contribution in [0.2, 0.25) is 0 Å². The zero-order chi connectivity index (χ0) is 12.2. The molecule has 16 heavy (non-hydrogen) atoms. The molecule has 0 unspecified atom stereocenters. The van der Waals surface area contributed by atoms with E-state index >= 15 is 0 Å². The van der Waals surface area contributed by atoms with Gasteiger partial charge in [0.2, 0.25) is 0 Å². The first kappa shape index (κ1) is 15.3. The lowest BCUT2D eigenvalue weighted by Crippen LogP contribution is -2.37. The summed E-state index contributed by atoms with van der Waals surface area (Å²) in [5.41, 5.74) is 5.35.